The van der Waals surface area contributed by atoms with Crippen molar-refractivity contribution in [1.82, 2.24) is 0 Å². The van der Waals surface area contributed by atoms with E-state index in [9.17, 15) is 4.39 Å². The molecule has 0 amide bonds. The van der Waals surface area contributed by atoms with Crippen LogP contribution in [-0.2, 0) is 6.42 Å². The van der Waals surface area contributed by atoms with Crippen molar-refractivity contribution in [1.29, 1.82) is 0 Å². The van der Waals surface area contributed by atoms with Crippen LogP contribution in [0, 0.1) is 5.82 Å². The van der Waals surface area contributed by atoms with E-state index in [0.717, 1.165) is 31.4 Å². The normalized spacial score (nSPS) is 28.8. The van der Waals surface area contributed by atoms with Crippen LogP contribution in [0.3, 0.4) is 0 Å². The lowest BCUT2D eigenvalue weighted by molar-refractivity contribution is 0.425. The molecule has 1 aromatic carbocycles. The van der Waals surface area contributed by atoms with E-state index in [1.165, 1.54) is 5.69 Å². The van der Waals surface area contributed by atoms with E-state index >= 15 is 0 Å². The summed E-state index contributed by atoms with van der Waals surface area (Å²) in [6.07, 6.45) is 3.05. The topological polar surface area (TPSA) is 29.3 Å². The van der Waals surface area contributed by atoms with Gasteiger partial charge in [0.25, 0.3) is 0 Å². The van der Waals surface area contributed by atoms with Crippen LogP contribution in [0.4, 0.5) is 10.1 Å². The molecule has 2 heterocycles. The molecule has 2 aliphatic rings. The average Bonchev–Trinajstić information content (AvgIpc) is 2.53. The van der Waals surface area contributed by atoms with Gasteiger partial charge in [0.15, 0.2) is 0 Å². The second-order valence-electron chi connectivity index (χ2n) is 4.61. The summed E-state index contributed by atoms with van der Waals surface area (Å²) in [7, 11) is 0. The largest absolute Gasteiger partial charge is 0.368 e. The number of benzene rings is 1. The maximum Gasteiger partial charge on any atom is 0.123 e. The zero-order valence-electron chi connectivity index (χ0n) is 8.62. The minimum Gasteiger partial charge on any atom is -0.368 e. The Morgan fingerprint density at radius 1 is 1.40 bits per heavy atom. The summed E-state index contributed by atoms with van der Waals surface area (Å²) >= 11 is 0. The SMILES string of the molecule is NC1CCN2c3ccc(F)cc3CC2C1. The Kier molecular flexibility index (Phi) is 1.96. The Balaban J connectivity index is 1.95. The van der Waals surface area contributed by atoms with Gasteiger partial charge in [-0.25, -0.2) is 4.39 Å². The molecule has 3 heteroatoms. The van der Waals surface area contributed by atoms with Gasteiger partial charge in [0.05, 0.1) is 0 Å². The highest BCUT2D eigenvalue weighted by molar-refractivity contribution is 5.60. The number of hydrogen-bond acceptors (Lipinski definition) is 2. The maximum absolute atomic E-state index is 13.1. The van der Waals surface area contributed by atoms with Crippen LogP contribution in [0.1, 0.15) is 18.4 Å². The van der Waals surface area contributed by atoms with Crippen LogP contribution in [0.5, 0.6) is 0 Å². The van der Waals surface area contributed by atoms with Crippen LogP contribution in [-0.4, -0.2) is 18.6 Å². The van der Waals surface area contributed by atoms with E-state index in [1.54, 1.807) is 12.1 Å². The van der Waals surface area contributed by atoms with Gasteiger partial charge in [0.1, 0.15) is 5.82 Å². The minimum absolute atomic E-state index is 0.127. The molecule has 2 N–H and O–H groups in total. The first-order valence-corrected chi connectivity index (χ1v) is 5.54. The standard InChI is InChI=1S/C12H15FN2/c13-9-1-2-12-8(5-9)6-11-7-10(14)3-4-15(11)12/h1-2,5,10-11H,3-4,6-7,14H2. The summed E-state index contributed by atoms with van der Waals surface area (Å²) in [5.74, 6) is -0.127. The van der Waals surface area contributed by atoms with Gasteiger partial charge in [0, 0.05) is 24.3 Å². The molecule has 1 aromatic rings. The van der Waals surface area contributed by atoms with Crippen molar-refractivity contribution in [3.8, 4) is 0 Å². The van der Waals surface area contributed by atoms with E-state index in [-0.39, 0.29) is 5.82 Å². The molecule has 80 valence electrons. The number of nitrogens with two attached hydrogens (primary N) is 1. The summed E-state index contributed by atoms with van der Waals surface area (Å²) in [6, 6.07) is 5.95. The van der Waals surface area contributed by atoms with Gasteiger partial charge < -0.3 is 10.6 Å². The predicted molar refractivity (Wildman–Crippen MR) is 58.4 cm³/mol. The van der Waals surface area contributed by atoms with Crippen molar-refractivity contribution in [3.63, 3.8) is 0 Å². The lowest BCUT2D eigenvalue weighted by atomic mass is 9.97. The fourth-order valence-corrected chi connectivity index (χ4v) is 2.84. The van der Waals surface area contributed by atoms with Crippen LogP contribution in [0.2, 0.25) is 0 Å². The molecule has 0 bridgehead atoms. The van der Waals surface area contributed by atoms with Gasteiger partial charge in [-0.15, -0.1) is 0 Å². The molecule has 1 saturated heterocycles. The summed E-state index contributed by atoms with van der Waals surface area (Å²) in [5, 5.41) is 0. The van der Waals surface area contributed by atoms with Crippen molar-refractivity contribution in [2.45, 2.75) is 31.3 Å². The van der Waals surface area contributed by atoms with E-state index in [4.69, 9.17) is 5.73 Å². The first-order valence-electron chi connectivity index (χ1n) is 5.54. The van der Waals surface area contributed by atoms with Crippen molar-refractivity contribution < 1.29 is 4.39 Å². The second-order valence-corrected chi connectivity index (χ2v) is 4.61. The monoisotopic (exact) mass is 206 g/mol. The molecule has 0 radical (unpaired) electrons. The first-order chi connectivity index (χ1) is 7.24. The Hall–Kier alpha value is -1.09. The molecular weight excluding hydrogens is 191 g/mol. The van der Waals surface area contributed by atoms with Crippen molar-refractivity contribution in [2.75, 3.05) is 11.4 Å². The number of fused-ring (bicyclic) bond motifs is 3. The molecule has 2 unspecified atom stereocenters. The third kappa shape index (κ3) is 1.42. The summed E-state index contributed by atoms with van der Waals surface area (Å²) < 4.78 is 13.1. The van der Waals surface area contributed by atoms with Gasteiger partial charge >= 0.3 is 0 Å². The number of nitrogens with zero attached hydrogens (tertiary/aromatic N) is 1. The van der Waals surface area contributed by atoms with Gasteiger partial charge in [-0.2, -0.15) is 0 Å². The summed E-state index contributed by atoms with van der Waals surface area (Å²) in [4.78, 5) is 2.39. The molecule has 0 aliphatic carbocycles. The van der Waals surface area contributed by atoms with E-state index in [1.807, 2.05) is 6.07 Å². The van der Waals surface area contributed by atoms with Crippen LogP contribution in [0.15, 0.2) is 18.2 Å². The lowest BCUT2D eigenvalue weighted by Crippen LogP contribution is -2.45. The molecule has 3 rings (SSSR count). The Bertz CT molecular complexity index is 391. The Labute approximate surface area is 88.9 Å². The van der Waals surface area contributed by atoms with Crippen molar-refractivity contribution >= 4 is 5.69 Å². The number of hydrogen-bond donors (Lipinski definition) is 1. The van der Waals surface area contributed by atoms with Gasteiger partial charge in [-0.05, 0) is 43.0 Å². The highest BCUT2D eigenvalue weighted by Gasteiger charge is 2.33. The van der Waals surface area contributed by atoms with E-state index < -0.39 is 0 Å². The fourth-order valence-electron chi connectivity index (χ4n) is 2.84. The molecule has 15 heavy (non-hydrogen) atoms. The lowest BCUT2D eigenvalue weighted by Gasteiger charge is -2.35. The molecule has 1 fully saturated rings. The summed E-state index contributed by atoms with van der Waals surface area (Å²) in [5.41, 5.74) is 8.32. The third-order valence-electron chi connectivity index (χ3n) is 3.56. The van der Waals surface area contributed by atoms with Crippen LogP contribution < -0.4 is 10.6 Å². The molecule has 0 spiro atoms. The molecule has 2 aliphatic heterocycles. The third-order valence-corrected chi connectivity index (χ3v) is 3.56. The molecular formula is C12H15FN2. The average molecular weight is 206 g/mol. The molecule has 2 nitrogen and oxygen atoms in total. The van der Waals surface area contributed by atoms with Gasteiger partial charge in [-0.1, -0.05) is 0 Å². The first kappa shape index (κ1) is 9.16. The maximum atomic E-state index is 13.1. The zero-order valence-corrected chi connectivity index (χ0v) is 8.62. The minimum atomic E-state index is -0.127. The van der Waals surface area contributed by atoms with E-state index in [0.29, 0.717) is 12.1 Å². The smallest absolute Gasteiger partial charge is 0.123 e. The highest BCUT2D eigenvalue weighted by Crippen LogP contribution is 2.36. The van der Waals surface area contributed by atoms with Gasteiger partial charge in [-0.3, -0.25) is 0 Å². The van der Waals surface area contributed by atoms with E-state index in [2.05, 4.69) is 4.90 Å². The van der Waals surface area contributed by atoms with Crippen LogP contribution >= 0.6 is 0 Å². The number of anilines is 1. The quantitative estimate of drug-likeness (QED) is 0.699. The molecule has 2 atom stereocenters. The Morgan fingerprint density at radius 2 is 2.27 bits per heavy atom. The molecule has 0 aromatic heterocycles. The van der Waals surface area contributed by atoms with Crippen molar-refractivity contribution in [2.24, 2.45) is 5.73 Å². The number of halogens is 1. The van der Waals surface area contributed by atoms with Crippen LogP contribution in [0.25, 0.3) is 0 Å². The van der Waals surface area contributed by atoms with Crippen molar-refractivity contribution in [3.05, 3.63) is 29.6 Å². The second kappa shape index (κ2) is 3.20. The summed E-state index contributed by atoms with van der Waals surface area (Å²) in [6.45, 7) is 1.02. The predicted octanol–water partition coefficient (Wildman–Crippen LogP) is 1.68. The fraction of sp³-hybridized carbons (Fsp3) is 0.500. The van der Waals surface area contributed by atoms with Gasteiger partial charge in [0.2, 0.25) is 0 Å². The highest BCUT2D eigenvalue weighted by atomic mass is 19.1. The number of rotatable bonds is 0. The number of piperidine rings is 1. The Morgan fingerprint density at radius 3 is 3.13 bits per heavy atom. The molecule has 0 saturated carbocycles. The zero-order chi connectivity index (χ0) is 10.4.